The molecule has 0 spiro atoms. The van der Waals surface area contributed by atoms with Gasteiger partial charge in [-0.25, -0.2) is 0 Å². The van der Waals surface area contributed by atoms with E-state index in [0.717, 1.165) is 29.9 Å². The van der Waals surface area contributed by atoms with Gasteiger partial charge < -0.3 is 9.84 Å². The highest BCUT2D eigenvalue weighted by atomic mass is 16.5. The molecule has 0 fully saturated rings. The van der Waals surface area contributed by atoms with Gasteiger partial charge in [0.1, 0.15) is 11.9 Å². The summed E-state index contributed by atoms with van der Waals surface area (Å²) in [7, 11) is 0. The fraction of sp³-hybridized carbons (Fsp3) is 0.294. The lowest BCUT2D eigenvalue weighted by Crippen LogP contribution is -2.01. The Labute approximate surface area is 113 Å². The van der Waals surface area contributed by atoms with Gasteiger partial charge in [0.05, 0.1) is 6.61 Å². The molecular weight excluding hydrogens is 236 g/mol. The van der Waals surface area contributed by atoms with E-state index in [4.69, 9.17) is 4.74 Å². The van der Waals surface area contributed by atoms with E-state index in [9.17, 15) is 5.11 Å². The van der Waals surface area contributed by atoms with Crippen LogP contribution in [0.2, 0.25) is 0 Å². The second-order valence-corrected chi connectivity index (χ2v) is 5.21. The van der Waals surface area contributed by atoms with Gasteiger partial charge in [-0.2, -0.15) is 0 Å². The Morgan fingerprint density at radius 1 is 1.00 bits per heavy atom. The molecule has 19 heavy (non-hydrogen) atoms. The molecule has 0 aliphatic carbocycles. The maximum Gasteiger partial charge on any atom is 0.122 e. The van der Waals surface area contributed by atoms with Crippen molar-refractivity contribution in [3.8, 4) is 5.75 Å². The molecule has 2 nitrogen and oxygen atoms in total. The summed E-state index contributed by atoms with van der Waals surface area (Å²) in [5.74, 6) is 0.955. The average molecular weight is 254 g/mol. The zero-order valence-corrected chi connectivity index (χ0v) is 11.3. The molecule has 1 N–H and O–H groups in total. The van der Waals surface area contributed by atoms with Gasteiger partial charge in [0.15, 0.2) is 0 Å². The largest absolute Gasteiger partial charge is 0.493 e. The Morgan fingerprint density at radius 3 is 2.53 bits per heavy atom. The van der Waals surface area contributed by atoms with Crippen LogP contribution in [0.5, 0.6) is 5.75 Å². The van der Waals surface area contributed by atoms with E-state index >= 15 is 0 Å². The molecule has 2 aromatic rings. The Morgan fingerprint density at radius 2 is 1.74 bits per heavy atom. The average Bonchev–Trinajstić information content (AvgIpc) is 2.88. The van der Waals surface area contributed by atoms with E-state index in [1.54, 1.807) is 0 Å². The topological polar surface area (TPSA) is 29.5 Å². The zero-order chi connectivity index (χ0) is 13.4. The minimum atomic E-state index is -0.565. The Hall–Kier alpha value is -1.80. The summed E-state index contributed by atoms with van der Waals surface area (Å²) in [6, 6.07) is 12.1. The van der Waals surface area contributed by atoms with Gasteiger partial charge >= 0.3 is 0 Å². The third-order valence-corrected chi connectivity index (χ3v) is 3.88. The summed E-state index contributed by atoms with van der Waals surface area (Å²) in [6.07, 6.45) is 0.369. The minimum absolute atomic E-state index is 0.565. The van der Waals surface area contributed by atoms with Crippen LogP contribution in [0, 0.1) is 13.8 Å². The Kier molecular flexibility index (Phi) is 3.03. The van der Waals surface area contributed by atoms with Crippen LogP contribution in [-0.4, -0.2) is 11.7 Å². The van der Waals surface area contributed by atoms with Gasteiger partial charge in [-0.1, -0.05) is 24.3 Å². The van der Waals surface area contributed by atoms with Crippen LogP contribution in [0.25, 0.3) is 0 Å². The van der Waals surface area contributed by atoms with Crippen molar-refractivity contribution in [2.24, 2.45) is 0 Å². The number of fused-ring (bicyclic) bond motifs is 1. The van der Waals surface area contributed by atoms with Crippen LogP contribution in [0.1, 0.15) is 33.9 Å². The normalized spacial score (nSPS) is 14.9. The van der Waals surface area contributed by atoms with E-state index in [1.807, 2.05) is 18.2 Å². The molecule has 0 bridgehead atoms. The van der Waals surface area contributed by atoms with Crippen molar-refractivity contribution >= 4 is 0 Å². The molecule has 98 valence electrons. The van der Waals surface area contributed by atoms with Gasteiger partial charge in [0.25, 0.3) is 0 Å². The van der Waals surface area contributed by atoms with Gasteiger partial charge in [0, 0.05) is 6.42 Å². The molecule has 3 rings (SSSR count). The van der Waals surface area contributed by atoms with Crippen LogP contribution in [0.4, 0.5) is 0 Å². The summed E-state index contributed by atoms with van der Waals surface area (Å²) < 4.78 is 5.49. The molecule has 1 heterocycles. The fourth-order valence-electron chi connectivity index (χ4n) is 2.50. The Bertz CT molecular complexity index is 617. The SMILES string of the molecule is Cc1ccc(C(O)c2ccc3c(c2)CCO3)cc1C. The van der Waals surface area contributed by atoms with Crippen molar-refractivity contribution in [1.29, 1.82) is 0 Å². The molecule has 2 aromatic carbocycles. The first-order valence-corrected chi connectivity index (χ1v) is 6.66. The first kappa shape index (κ1) is 12.2. The number of rotatable bonds is 2. The molecular formula is C17H18O2. The summed E-state index contributed by atoms with van der Waals surface area (Å²) in [5, 5.41) is 10.5. The fourth-order valence-corrected chi connectivity index (χ4v) is 2.50. The number of hydrogen-bond acceptors (Lipinski definition) is 2. The molecule has 0 saturated heterocycles. The molecule has 0 radical (unpaired) electrons. The summed E-state index contributed by atoms with van der Waals surface area (Å²) in [4.78, 5) is 0. The Balaban J connectivity index is 1.94. The van der Waals surface area contributed by atoms with Gasteiger partial charge in [-0.15, -0.1) is 0 Å². The van der Waals surface area contributed by atoms with Crippen LogP contribution in [-0.2, 0) is 6.42 Å². The van der Waals surface area contributed by atoms with Crippen molar-refractivity contribution in [2.75, 3.05) is 6.61 Å². The van der Waals surface area contributed by atoms with Crippen LogP contribution in [0.15, 0.2) is 36.4 Å². The molecule has 1 atom stereocenters. The van der Waals surface area contributed by atoms with Crippen molar-refractivity contribution in [3.63, 3.8) is 0 Å². The molecule has 2 heteroatoms. The number of hydrogen-bond donors (Lipinski definition) is 1. The van der Waals surface area contributed by atoms with E-state index in [1.165, 1.54) is 16.7 Å². The van der Waals surface area contributed by atoms with Crippen LogP contribution in [0.3, 0.4) is 0 Å². The second-order valence-electron chi connectivity index (χ2n) is 5.21. The smallest absolute Gasteiger partial charge is 0.122 e. The minimum Gasteiger partial charge on any atom is -0.493 e. The first-order chi connectivity index (χ1) is 9.15. The summed E-state index contributed by atoms with van der Waals surface area (Å²) in [6.45, 7) is 4.90. The number of aryl methyl sites for hydroxylation is 2. The van der Waals surface area contributed by atoms with Gasteiger partial charge in [-0.3, -0.25) is 0 Å². The molecule has 1 unspecified atom stereocenters. The van der Waals surface area contributed by atoms with E-state index in [-0.39, 0.29) is 0 Å². The molecule has 0 saturated carbocycles. The molecule has 1 aliphatic heterocycles. The quantitative estimate of drug-likeness (QED) is 0.890. The van der Waals surface area contributed by atoms with Crippen LogP contribution >= 0.6 is 0 Å². The van der Waals surface area contributed by atoms with E-state index < -0.39 is 6.10 Å². The predicted octanol–water partition coefficient (Wildman–Crippen LogP) is 3.32. The lowest BCUT2D eigenvalue weighted by molar-refractivity contribution is 0.220. The highest BCUT2D eigenvalue weighted by molar-refractivity contribution is 5.43. The molecule has 0 amide bonds. The standard InChI is InChI=1S/C17H18O2/c1-11-3-4-14(9-12(11)2)17(18)15-5-6-16-13(10-15)7-8-19-16/h3-6,9-10,17-18H,7-8H2,1-2H3. The third kappa shape index (κ3) is 2.24. The van der Waals surface area contributed by atoms with Crippen LogP contribution < -0.4 is 4.74 Å². The van der Waals surface area contributed by atoms with Crippen molar-refractivity contribution in [1.82, 2.24) is 0 Å². The summed E-state index contributed by atoms with van der Waals surface area (Å²) in [5.41, 5.74) is 5.54. The number of ether oxygens (including phenoxy) is 1. The highest BCUT2D eigenvalue weighted by Crippen LogP contribution is 2.31. The number of benzene rings is 2. The maximum absolute atomic E-state index is 10.5. The number of aliphatic hydroxyl groups excluding tert-OH is 1. The summed E-state index contributed by atoms with van der Waals surface area (Å²) >= 11 is 0. The lowest BCUT2D eigenvalue weighted by atomic mass is 9.96. The molecule has 0 aromatic heterocycles. The monoisotopic (exact) mass is 254 g/mol. The van der Waals surface area contributed by atoms with Crippen molar-refractivity contribution < 1.29 is 9.84 Å². The molecule has 1 aliphatic rings. The number of aliphatic hydroxyl groups is 1. The van der Waals surface area contributed by atoms with Crippen molar-refractivity contribution in [3.05, 3.63) is 64.2 Å². The second kappa shape index (κ2) is 4.71. The van der Waals surface area contributed by atoms with E-state index in [2.05, 4.69) is 32.0 Å². The van der Waals surface area contributed by atoms with Crippen molar-refractivity contribution in [2.45, 2.75) is 26.4 Å². The highest BCUT2D eigenvalue weighted by Gasteiger charge is 2.16. The van der Waals surface area contributed by atoms with Gasteiger partial charge in [-0.05, 0) is 53.8 Å². The van der Waals surface area contributed by atoms with Gasteiger partial charge in [0.2, 0.25) is 0 Å². The zero-order valence-electron chi connectivity index (χ0n) is 11.3. The first-order valence-electron chi connectivity index (χ1n) is 6.66. The lowest BCUT2D eigenvalue weighted by Gasteiger charge is -2.14. The van der Waals surface area contributed by atoms with E-state index in [0.29, 0.717) is 0 Å². The predicted molar refractivity (Wildman–Crippen MR) is 75.6 cm³/mol. The maximum atomic E-state index is 10.5. The third-order valence-electron chi connectivity index (χ3n) is 3.88.